The van der Waals surface area contributed by atoms with E-state index in [2.05, 4.69) is 5.32 Å². The molecule has 0 saturated carbocycles. The first-order valence-corrected chi connectivity index (χ1v) is 7.31. The number of carbonyl (C=O) groups is 1. The number of amides is 1. The van der Waals surface area contributed by atoms with E-state index < -0.39 is 0 Å². The number of halogens is 2. The van der Waals surface area contributed by atoms with Crippen LogP contribution in [-0.4, -0.2) is 42.1 Å². The minimum atomic E-state index is -0.0203. The number of hydrogen-bond donors (Lipinski definition) is 2. The fourth-order valence-electron chi connectivity index (χ4n) is 1.82. The van der Waals surface area contributed by atoms with Crippen molar-refractivity contribution < 1.29 is 9.90 Å². The number of phenolic OH excluding ortho intramolecular Hbond substituents is 1. The van der Waals surface area contributed by atoms with E-state index in [0.717, 1.165) is 13.1 Å². The number of nitrogens with one attached hydrogen (secondary N) is 1. The van der Waals surface area contributed by atoms with Gasteiger partial charge in [-0.3, -0.25) is 4.79 Å². The van der Waals surface area contributed by atoms with Gasteiger partial charge in [0.05, 0.1) is 16.1 Å². The Balaban J connectivity index is 0.000000204. The first-order chi connectivity index (χ1) is 9.45. The number of benzene rings is 1. The molecule has 0 aromatic heterocycles. The molecule has 1 aromatic rings. The zero-order chi connectivity index (χ0) is 15.1. The summed E-state index contributed by atoms with van der Waals surface area (Å²) in [5, 5.41) is 12.6. The number of likely N-dealkylation sites (tertiary alicyclic amines) is 1. The minimum Gasteiger partial charge on any atom is -0.508 e. The highest BCUT2D eigenvalue weighted by atomic mass is 35.5. The van der Waals surface area contributed by atoms with Crippen molar-refractivity contribution in [3.05, 3.63) is 28.2 Å². The number of hydrogen-bond acceptors (Lipinski definition) is 3. The smallest absolute Gasteiger partial charge is 0.239 e. The van der Waals surface area contributed by atoms with Gasteiger partial charge in [-0.1, -0.05) is 23.2 Å². The van der Waals surface area contributed by atoms with Crippen molar-refractivity contribution in [2.45, 2.75) is 25.8 Å². The van der Waals surface area contributed by atoms with Gasteiger partial charge in [0.2, 0.25) is 5.91 Å². The van der Waals surface area contributed by atoms with E-state index in [9.17, 15) is 4.79 Å². The third kappa shape index (κ3) is 5.19. The predicted molar refractivity (Wildman–Crippen MR) is 82.5 cm³/mol. The monoisotopic (exact) mass is 318 g/mol. The van der Waals surface area contributed by atoms with Crippen molar-refractivity contribution in [1.82, 2.24) is 10.2 Å². The molecule has 1 aliphatic rings. The summed E-state index contributed by atoms with van der Waals surface area (Å²) in [6, 6.07) is 4.39. The number of nitrogens with zero attached hydrogens (tertiary/aromatic N) is 1. The molecule has 2 rings (SSSR count). The molecule has 4 nitrogen and oxygen atoms in total. The Morgan fingerprint density at radius 3 is 2.35 bits per heavy atom. The summed E-state index contributed by atoms with van der Waals surface area (Å²) in [5.41, 5.74) is 0. The average Bonchev–Trinajstić information content (AvgIpc) is 2.96. The van der Waals surface area contributed by atoms with Crippen molar-refractivity contribution in [1.29, 1.82) is 0 Å². The Kier molecular flexibility index (Phi) is 7.13. The molecule has 1 saturated heterocycles. The Morgan fingerprint density at radius 2 is 1.90 bits per heavy atom. The molecule has 0 unspecified atom stereocenters. The van der Waals surface area contributed by atoms with Crippen LogP contribution in [0.3, 0.4) is 0 Å². The van der Waals surface area contributed by atoms with Gasteiger partial charge in [-0.25, -0.2) is 0 Å². The summed E-state index contributed by atoms with van der Waals surface area (Å²) in [6.07, 6.45) is 2.34. The van der Waals surface area contributed by atoms with Gasteiger partial charge in [0.1, 0.15) is 5.75 Å². The van der Waals surface area contributed by atoms with Crippen molar-refractivity contribution in [3.63, 3.8) is 0 Å². The molecule has 0 radical (unpaired) electrons. The highest BCUT2D eigenvalue weighted by Gasteiger charge is 2.21. The quantitative estimate of drug-likeness (QED) is 0.881. The van der Waals surface area contributed by atoms with E-state index in [0.29, 0.717) is 10.0 Å². The van der Waals surface area contributed by atoms with Crippen LogP contribution in [0, 0.1) is 0 Å². The van der Waals surface area contributed by atoms with Crippen LogP contribution in [0.25, 0.3) is 0 Å². The summed E-state index contributed by atoms with van der Waals surface area (Å²) in [7, 11) is 1.82. The summed E-state index contributed by atoms with van der Waals surface area (Å²) in [4.78, 5) is 13.4. The van der Waals surface area contributed by atoms with E-state index in [4.69, 9.17) is 28.3 Å². The van der Waals surface area contributed by atoms with Crippen LogP contribution in [0.4, 0.5) is 0 Å². The lowest BCUT2D eigenvalue weighted by Gasteiger charge is -2.19. The van der Waals surface area contributed by atoms with E-state index in [-0.39, 0.29) is 17.7 Å². The zero-order valence-electron chi connectivity index (χ0n) is 11.7. The van der Waals surface area contributed by atoms with Gasteiger partial charge in [-0.05, 0) is 45.0 Å². The Morgan fingerprint density at radius 1 is 1.30 bits per heavy atom. The standard InChI is InChI=1S/C8H16N2O.C6H4Cl2O/c1-7(9-2)8(11)10-5-3-4-6-10;7-5-2-1-4(9)3-6(5)8/h7,9H,3-6H2,1-2H3;1-3,9H/t7-;/m0./s1. The molecule has 1 heterocycles. The summed E-state index contributed by atoms with van der Waals surface area (Å²) < 4.78 is 0. The molecule has 1 aliphatic heterocycles. The van der Waals surface area contributed by atoms with Crippen molar-refractivity contribution >= 4 is 29.1 Å². The lowest BCUT2D eigenvalue weighted by atomic mass is 10.3. The third-order valence-electron chi connectivity index (χ3n) is 3.12. The maximum Gasteiger partial charge on any atom is 0.239 e. The third-order valence-corrected chi connectivity index (χ3v) is 3.86. The molecule has 2 N–H and O–H groups in total. The Labute approximate surface area is 129 Å². The van der Waals surface area contributed by atoms with Crippen LogP contribution in [-0.2, 0) is 4.79 Å². The number of aromatic hydroxyl groups is 1. The lowest BCUT2D eigenvalue weighted by Crippen LogP contribution is -2.42. The maximum atomic E-state index is 11.4. The summed E-state index contributed by atoms with van der Waals surface area (Å²) >= 11 is 11.1. The normalized spacial score (nSPS) is 15.5. The van der Waals surface area contributed by atoms with Crippen molar-refractivity contribution in [2.75, 3.05) is 20.1 Å². The van der Waals surface area contributed by atoms with Gasteiger partial charge in [0.15, 0.2) is 0 Å². The molecule has 1 fully saturated rings. The molecule has 0 bridgehead atoms. The first kappa shape index (κ1) is 17.1. The van der Waals surface area contributed by atoms with Crippen molar-refractivity contribution in [3.8, 4) is 5.75 Å². The maximum absolute atomic E-state index is 11.4. The van der Waals surface area contributed by atoms with Gasteiger partial charge in [-0.2, -0.15) is 0 Å². The molecular formula is C14H20Cl2N2O2. The van der Waals surface area contributed by atoms with Crippen LogP contribution in [0.2, 0.25) is 10.0 Å². The topological polar surface area (TPSA) is 52.6 Å². The van der Waals surface area contributed by atoms with Gasteiger partial charge < -0.3 is 15.3 Å². The molecule has 112 valence electrons. The molecule has 0 spiro atoms. The van der Waals surface area contributed by atoms with E-state index >= 15 is 0 Å². The molecule has 1 aromatic carbocycles. The average molecular weight is 319 g/mol. The highest BCUT2D eigenvalue weighted by molar-refractivity contribution is 6.42. The molecule has 1 atom stereocenters. The molecule has 0 aliphatic carbocycles. The van der Waals surface area contributed by atoms with Crippen LogP contribution in [0.1, 0.15) is 19.8 Å². The zero-order valence-corrected chi connectivity index (χ0v) is 13.2. The van der Waals surface area contributed by atoms with Crippen LogP contribution in [0.5, 0.6) is 5.75 Å². The fourth-order valence-corrected chi connectivity index (χ4v) is 2.11. The minimum absolute atomic E-state index is 0.0203. The Hall–Kier alpha value is -0.970. The molecule has 1 amide bonds. The number of carbonyl (C=O) groups excluding carboxylic acids is 1. The second-order valence-electron chi connectivity index (χ2n) is 4.64. The molecule has 20 heavy (non-hydrogen) atoms. The van der Waals surface area contributed by atoms with Crippen LogP contribution < -0.4 is 5.32 Å². The predicted octanol–water partition coefficient (Wildman–Crippen LogP) is 2.92. The highest BCUT2D eigenvalue weighted by Crippen LogP contribution is 2.25. The Bertz CT molecular complexity index is 449. The second kappa shape index (κ2) is 8.35. The van der Waals surface area contributed by atoms with Gasteiger partial charge in [-0.15, -0.1) is 0 Å². The number of likely N-dealkylation sites (N-methyl/N-ethyl adjacent to an activating group) is 1. The first-order valence-electron chi connectivity index (χ1n) is 6.55. The van der Waals surface area contributed by atoms with Gasteiger partial charge in [0.25, 0.3) is 0 Å². The molecular weight excluding hydrogens is 299 g/mol. The largest absolute Gasteiger partial charge is 0.508 e. The van der Waals surface area contributed by atoms with E-state index in [1.54, 1.807) is 6.07 Å². The van der Waals surface area contributed by atoms with Crippen LogP contribution in [0.15, 0.2) is 18.2 Å². The van der Waals surface area contributed by atoms with E-state index in [1.807, 2.05) is 18.9 Å². The molecule has 6 heteroatoms. The van der Waals surface area contributed by atoms with E-state index in [1.165, 1.54) is 25.0 Å². The lowest BCUT2D eigenvalue weighted by molar-refractivity contribution is -0.131. The van der Waals surface area contributed by atoms with Crippen LogP contribution >= 0.6 is 23.2 Å². The summed E-state index contributed by atoms with van der Waals surface area (Å²) in [5.74, 6) is 0.370. The van der Waals surface area contributed by atoms with Gasteiger partial charge in [0, 0.05) is 13.1 Å². The summed E-state index contributed by atoms with van der Waals surface area (Å²) in [6.45, 7) is 3.80. The SMILES string of the molecule is CN[C@@H](C)C(=O)N1CCCC1.Oc1ccc(Cl)c(Cl)c1. The number of rotatable bonds is 2. The number of phenols is 1. The van der Waals surface area contributed by atoms with Crippen molar-refractivity contribution in [2.24, 2.45) is 0 Å². The second-order valence-corrected chi connectivity index (χ2v) is 5.46. The fraction of sp³-hybridized carbons (Fsp3) is 0.500. The van der Waals surface area contributed by atoms with Gasteiger partial charge >= 0.3 is 0 Å².